The van der Waals surface area contributed by atoms with Crippen LogP contribution in [0.1, 0.15) is 25.0 Å². The van der Waals surface area contributed by atoms with E-state index in [1.54, 1.807) is 0 Å². The molecule has 0 amide bonds. The van der Waals surface area contributed by atoms with Crippen LogP contribution in [0.2, 0.25) is 0 Å². The third-order valence-corrected chi connectivity index (χ3v) is 13.7. The lowest BCUT2D eigenvalue weighted by molar-refractivity contribution is 0.660. The zero-order valence-electron chi connectivity index (χ0n) is 34.4. The molecular weight excluding hydrogens is 759 g/mol. The number of para-hydroxylation sites is 3. The molecule has 61 heavy (non-hydrogen) atoms. The van der Waals surface area contributed by atoms with E-state index >= 15 is 0 Å². The van der Waals surface area contributed by atoms with Gasteiger partial charge in [0.05, 0.1) is 11.4 Å². The minimum absolute atomic E-state index is 0.228. The fourth-order valence-corrected chi connectivity index (χ4v) is 10.7. The third kappa shape index (κ3) is 6.43. The molecule has 0 radical (unpaired) electrons. The van der Waals surface area contributed by atoms with Gasteiger partial charge in [-0.05, 0) is 111 Å². The third-order valence-electron chi connectivity index (χ3n) is 12.6. The molecule has 8 aromatic carbocycles. The molecule has 9 aromatic rings. The first kappa shape index (κ1) is 36.9. The maximum Gasteiger partial charge on any atom is 0.101 e. The molecule has 11 rings (SSSR count). The zero-order chi connectivity index (χ0) is 40.9. The molecule has 1 aromatic heterocycles. The number of benzene rings is 8. The molecule has 0 bridgehead atoms. The Hall–Kier alpha value is -7.14. The molecule has 1 aliphatic heterocycles. The summed E-state index contributed by atoms with van der Waals surface area (Å²) in [5, 5.41) is 1.17. The quantitative estimate of drug-likeness (QED) is 0.151. The molecule has 0 fully saturated rings. The fourth-order valence-electron chi connectivity index (χ4n) is 9.61. The second kappa shape index (κ2) is 15.2. The smallest absolute Gasteiger partial charge is 0.101 e. The summed E-state index contributed by atoms with van der Waals surface area (Å²) in [6.45, 7) is 6.52. The lowest BCUT2D eigenvalue weighted by Gasteiger charge is -2.40. The predicted molar refractivity (Wildman–Crippen MR) is 260 cm³/mol. The van der Waals surface area contributed by atoms with Crippen LogP contribution in [-0.2, 0) is 5.41 Å². The minimum atomic E-state index is -0.228. The van der Waals surface area contributed by atoms with Gasteiger partial charge in [-0.1, -0.05) is 159 Å². The molecule has 0 saturated carbocycles. The van der Waals surface area contributed by atoms with Gasteiger partial charge in [0.2, 0.25) is 0 Å². The minimum Gasteiger partial charge on any atom is -0.338 e. The molecule has 0 saturated heterocycles. The van der Waals surface area contributed by atoms with Crippen LogP contribution >= 0.6 is 11.3 Å². The van der Waals surface area contributed by atoms with Crippen LogP contribution in [0.25, 0.3) is 43.8 Å². The van der Waals surface area contributed by atoms with E-state index in [1.165, 1.54) is 82.7 Å². The number of rotatable bonds is 8. The summed E-state index contributed by atoms with van der Waals surface area (Å²) in [6.07, 6.45) is 0. The van der Waals surface area contributed by atoms with E-state index in [2.05, 4.69) is 241 Å². The Morgan fingerprint density at radius 3 is 1.72 bits per heavy atom. The number of hydrogen-bond acceptors (Lipinski definition) is 4. The summed E-state index contributed by atoms with van der Waals surface area (Å²) >= 11 is 1.84. The van der Waals surface area contributed by atoms with Crippen molar-refractivity contribution < 1.29 is 0 Å². The van der Waals surface area contributed by atoms with Crippen LogP contribution < -0.4 is 14.7 Å². The second-order valence-corrected chi connectivity index (χ2v) is 17.5. The molecule has 2 heterocycles. The van der Waals surface area contributed by atoms with E-state index in [-0.39, 0.29) is 5.41 Å². The second-order valence-electron chi connectivity index (χ2n) is 16.5. The highest BCUT2D eigenvalue weighted by Gasteiger charge is 2.39. The van der Waals surface area contributed by atoms with Gasteiger partial charge < -0.3 is 14.7 Å². The highest BCUT2D eigenvalue weighted by molar-refractivity contribution is 7.19. The average Bonchev–Trinajstić information content (AvgIpc) is 3.90. The lowest BCUT2D eigenvalue weighted by Crippen LogP contribution is -2.36. The molecule has 0 atom stereocenters. The van der Waals surface area contributed by atoms with Gasteiger partial charge in [-0.3, -0.25) is 0 Å². The number of nitrogens with zero attached hydrogens (tertiary/aromatic N) is 3. The summed E-state index contributed by atoms with van der Waals surface area (Å²) in [4.78, 5) is 8.76. The molecule has 2 aliphatic rings. The highest BCUT2D eigenvalue weighted by Crippen LogP contribution is 2.57. The Kier molecular flexibility index (Phi) is 9.17. The van der Waals surface area contributed by atoms with Crippen LogP contribution in [0.4, 0.5) is 39.1 Å². The van der Waals surface area contributed by atoms with Crippen LogP contribution in [0.3, 0.4) is 0 Å². The Bertz CT molecular complexity index is 2990. The van der Waals surface area contributed by atoms with E-state index in [1.807, 2.05) is 11.3 Å². The fraction of sp³-hybridized carbons (Fsp3) is 0.0877. The monoisotopic (exact) mass is 803 g/mol. The Morgan fingerprint density at radius 2 is 1.02 bits per heavy atom. The Labute approximate surface area is 363 Å². The molecule has 4 heteroatoms. The maximum absolute atomic E-state index is 2.54. The highest BCUT2D eigenvalue weighted by atomic mass is 32.1. The molecule has 294 valence electrons. The molecule has 0 unspecified atom stereocenters. The van der Waals surface area contributed by atoms with Crippen LogP contribution in [0, 0.1) is 0 Å². The lowest BCUT2D eigenvalue weighted by atomic mass is 9.81. The van der Waals surface area contributed by atoms with Gasteiger partial charge in [-0.15, -0.1) is 11.3 Å². The standard InChI is InChI=1S/C57H45N3S/c1-57(2)50-28-16-15-26-48(50)55-49(47-27-17-29-52-56(47)59(44-24-13-6-14-25-44)37-36-58(52)43-22-11-5-12-23-43)38-46(39-51(55)57)60(54-35-34-53(61-54)42-20-9-4-10-21-42)45-32-30-41(31-33-45)40-18-7-3-8-19-40/h3-35,38-39H,36-37H2,1-2H3. The number of anilines is 7. The van der Waals surface area contributed by atoms with Crippen molar-refractivity contribution in [3.8, 4) is 43.8 Å². The first-order valence-corrected chi connectivity index (χ1v) is 22.0. The Morgan fingerprint density at radius 1 is 0.443 bits per heavy atom. The molecular formula is C57H45N3S. The van der Waals surface area contributed by atoms with Crippen LogP contribution in [-0.4, -0.2) is 13.1 Å². The number of hydrogen-bond donors (Lipinski definition) is 0. The summed E-state index contributed by atoms with van der Waals surface area (Å²) in [5.41, 5.74) is 18.3. The van der Waals surface area contributed by atoms with Crippen LogP contribution in [0.5, 0.6) is 0 Å². The summed E-state index contributed by atoms with van der Waals surface area (Å²) in [5.74, 6) is 0. The number of thiophene rings is 1. The van der Waals surface area contributed by atoms with Gasteiger partial charge in [0.15, 0.2) is 0 Å². The normalized spacial score (nSPS) is 13.7. The van der Waals surface area contributed by atoms with Crippen molar-refractivity contribution in [1.82, 2.24) is 0 Å². The van der Waals surface area contributed by atoms with Gasteiger partial charge >= 0.3 is 0 Å². The van der Waals surface area contributed by atoms with Crippen LogP contribution in [0.15, 0.2) is 212 Å². The van der Waals surface area contributed by atoms with Crippen molar-refractivity contribution >= 4 is 50.5 Å². The van der Waals surface area contributed by atoms with Crippen molar-refractivity contribution in [1.29, 1.82) is 0 Å². The van der Waals surface area contributed by atoms with Crippen molar-refractivity contribution in [3.05, 3.63) is 223 Å². The molecule has 0 N–H and O–H groups in total. The SMILES string of the molecule is CC1(C)c2ccccc2-c2c(-c3cccc4c3N(c3ccccc3)CCN4c3ccccc3)cc(N(c3ccc(-c4ccccc4)cc3)c3ccc(-c4ccccc4)s3)cc21. The van der Waals surface area contributed by atoms with Gasteiger partial charge in [0.1, 0.15) is 5.00 Å². The molecule has 0 spiro atoms. The van der Waals surface area contributed by atoms with E-state index in [0.717, 1.165) is 24.5 Å². The maximum atomic E-state index is 2.54. The summed E-state index contributed by atoms with van der Waals surface area (Å²) < 4.78 is 0. The van der Waals surface area contributed by atoms with Crippen molar-refractivity contribution in [2.75, 3.05) is 27.8 Å². The Balaban J connectivity index is 1.17. The summed E-state index contributed by atoms with van der Waals surface area (Å²) in [6, 6.07) is 77.8. The average molecular weight is 804 g/mol. The van der Waals surface area contributed by atoms with Crippen molar-refractivity contribution in [2.24, 2.45) is 0 Å². The largest absolute Gasteiger partial charge is 0.338 e. The van der Waals surface area contributed by atoms with Gasteiger partial charge in [-0.2, -0.15) is 0 Å². The van der Waals surface area contributed by atoms with Gasteiger partial charge in [0.25, 0.3) is 0 Å². The first-order valence-electron chi connectivity index (χ1n) is 21.2. The zero-order valence-corrected chi connectivity index (χ0v) is 35.2. The first-order chi connectivity index (χ1) is 30.0. The number of fused-ring (bicyclic) bond motifs is 4. The van der Waals surface area contributed by atoms with E-state index in [4.69, 9.17) is 0 Å². The predicted octanol–water partition coefficient (Wildman–Crippen LogP) is 15.8. The van der Waals surface area contributed by atoms with E-state index in [0.29, 0.717) is 0 Å². The van der Waals surface area contributed by atoms with E-state index < -0.39 is 0 Å². The topological polar surface area (TPSA) is 9.72 Å². The van der Waals surface area contributed by atoms with Gasteiger partial charge in [-0.25, -0.2) is 0 Å². The van der Waals surface area contributed by atoms with E-state index in [9.17, 15) is 0 Å². The molecule has 1 aliphatic carbocycles. The molecule has 3 nitrogen and oxygen atoms in total. The summed E-state index contributed by atoms with van der Waals surface area (Å²) in [7, 11) is 0. The van der Waals surface area contributed by atoms with Crippen molar-refractivity contribution in [2.45, 2.75) is 19.3 Å². The van der Waals surface area contributed by atoms with Gasteiger partial charge in [0, 0.05) is 51.7 Å². The van der Waals surface area contributed by atoms with Crippen molar-refractivity contribution in [3.63, 3.8) is 0 Å².